The maximum atomic E-state index is 12.5. The zero-order chi connectivity index (χ0) is 20.1. The third-order valence-electron chi connectivity index (χ3n) is 5.11. The first kappa shape index (κ1) is 20.6. The minimum Gasteiger partial charge on any atom is -0.497 e. The Morgan fingerprint density at radius 1 is 1.29 bits per heavy atom. The van der Waals surface area contributed by atoms with E-state index in [1.165, 1.54) is 17.7 Å². The van der Waals surface area contributed by atoms with E-state index in [0.717, 1.165) is 37.0 Å². The summed E-state index contributed by atoms with van der Waals surface area (Å²) in [4.78, 5) is 20.7. The Bertz CT molecular complexity index is 783. The number of rotatable bonds is 7. The topological polar surface area (TPSA) is 63.7 Å². The van der Waals surface area contributed by atoms with Gasteiger partial charge in [-0.15, -0.1) is 11.3 Å². The Labute approximate surface area is 170 Å². The number of hydrogen-bond acceptors (Lipinski definition) is 6. The first-order valence-electron chi connectivity index (χ1n) is 9.75. The molecule has 1 aromatic carbocycles. The fourth-order valence-corrected chi connectivity index (χ4v) is 4.18. The van der Waals surface area contributed by atoms with Crippen LogP contribution in [0, 0.1) is 12.8 Å². The highest BCUT2D eigenvalue weighted by molar-refractivity contribution is 7.15. The second-order valence-electron chi connectivity index (χ2n) is 7.41. The first-order chi connectivity index (χ1) is 13.4. The van der Waals surface area contributed by atoms with Crippen molar-refractivity contribution in [1.29, 1.82) is 0 Å². The molecule has 3 rings (SSSR count). The van der Waals surface area contributed by atoms with E-state index in [4.69, 9.17) is 9.47 Å². The number of aromatic nitrogens is 1. The molecule has 1 saturated heterocycles. The molecule has 152 valence electrons. The van der Waals surface area contributed by atoms with Crippen LogP contribution in [-0.4, -0.2) is 42.1 Å². The summed E-state index contributed by atoms with van der Waals surface area (Å²) in [6, 6.07) is 7.18. The highest BCUT2D eigenvalue weighted by Crippen LogP contribution is 2.26. The molecule has 1 amide bonds. The fraction of sp³-hybridized carbons (Fsp3) is 0.524. The number of carbonyl (C=O) groups is 1. The van der Waals surface area contributed by atoms with Gasteiger partial charge in [-0.05, 0) is 70.0 Å². The minimum atomic E-state index is -0.621. The predicted octanol–water partition coefficient (Wildman–Crippen LogP) is 4.10. The third-order valence-corrected chi connectivity index (χ3v) is 6.17. The molecule has 0 aliphatic carbocycles. The Balaban J connectivity index is 1.54. The van der Waals surface area contributed by atoms with Crippen molar-refractivity contribution in [2.75, 3.05) is 25.5 Å². The summed E-state index contributed by atoms with van der Waals surface area (Å²) >= 11 is 1.55. The summed E-state index contributed by atoms with van der Waals surface area (Å²) < 4.78 is 10.8. The van der Waals surface area contributed by atoms with Crippen LogP contribution in [0.5, 0.6) is 11.5 Å². The highest BCUT2D eigenvalue weighted by atomic mass is 32.1. The van der Waals surface area contributed by atoms with E-state index in [0.29, 0.717) is 10.9 Å². The average molecular weight is 404 g/mol. The van der Waals surface area contributed by atoms with Gasteiger partial charge in [-0.1, -0.05) is 6.92 Å². The van der Waals surface area contributed by atoms with Crippen LogP contribution in [0.4, 0.5) is 5.13 Å². The molecule has 6 nitrogen and oxygen atoms in total. The maximum absolute atomic E-state index is 12.5. The number of methoxy groups -OCH3 is 1. The number of thiazole rings is 1. The third kappa shape index (κ3) is 5.45. The first-order valence-corrected chi connectivity index (χ1v) is 10.6. The molecule has 1 fully saturated rings. The molecule has 2 aromatic rings. The number of carbonyl (C=O) groups excluding carboxylic acids is 1. The molecule has 0 saturated carbocycles. The number of amides is 1. The Kier molecular flexibility index (Phi) is 6.91. The number of nitrogens with zero attached hydrogens (tertiary/aromatic N) is 2. The molecule has 7 heteroatoms. The Hall–Kier alpha value is -2.12. The lowest BCUT2D eigenvalue weighted by atomic mass is 9.99. The molecule has 0 radical (unpaired) electrons. The number of anilines is 1. The highest BCUT2D eigenvalue weighted by Gasteiger charge is 2.20. The largest absolute Gasteiger partial charge is 0.497 e. The van der Waals surface area contributed by atoms with Crippen molar-refractivity contribution in [3.05, 3.63) is 34.8 Å². The van der Waals surface area contributed by atoms with Crippen LogP contribution in [0.15, 0.2) is 24.3 Å². The lowest BCUT2D eigenvalue weighted by Gasteiger charge is -2.29. The quantitative estimate of drug-likeness (QED) is 0.754. The summed E-state index contributed by atoms with van der Waals surface area (Å²) in [6.45, 7) is 9.23. The summed E-state index contributed by atoms with van der Waals surface area (Å²) in [5.74, 6) is 1.99. The summed E-state index contributed by atoms with van der Waals surface area (Å²) in [6.07, 6.45) is 1.88. The number of likely N-dealkylation sites (tertiary alicyclic amines) is 1. The number of piperidine rings is 1. The second-order valence-corrected chi connectivity index (χ2v) is 8.49. The lowest BCUT2D eigenvalue weighted by molar-refractivity contribution is -0.122. The van der Waals surface area contributed by atoms with E-state index >= 15 is 0 Å². The molecule has 1 unspecified atom stereocenters. The number of ether oxygens (including phenoxy) is 2. The van der Waals surface area contributed by atoms with Gasteiger partial charge in [0.15, 0.2) is 11.2 Å². The van der Waals surface area contributed by atoms with Crippen LogP contribution in [0.25, 0.3) is 0 Å². The molecular weight excluding hydrogens is 374 g/mol. The number of hydrogen-bond donors (Lipinski definition) is 1. The smallest absolute Gasteiger partial charge is 0.266 e. The van der Waals surface area contributed by atoms with Gasteiger partial charge >= 0.3 is 0 Å². The molecule has 2 heterocycles. The summed E-state index contributed by atoms with van der Waals surface area (Å²) in [5.41, 5.74) is 0.989. The van der Waals surface area contributed by atoms with Crippen LogP contribution < -0.4 is 14.8 Å². The maximum Gasteiger partial charge on any atom is 0.266 e. The minimum absolute atomic E-state index is 0.206. The van der Waals surface area contributed by atoms with Crippen molar-refractivity contribution >= 4 is 22.4 Å². The summed E-state index contributed by atoms with van der Waals surface area (Å²) in [5, 5.41) is 3.52. The molecule has 0 bridgehead atoms. The number of benzene rings is 1. The summed E-state index contributed by atoms with van der Waals surface area (Å²) in [7, 11) is 1.61. The zero-order valence-corrected chi connectivity index (χ0v) is 17.8. The van der Waals surface area contributed by atoms with Crippen LogP contribution in [-0.2, 0) is 11.3 Å². The molecule has 1 aliphatic rings. The Morgan fingerprint density at radius 2 is 1.93 bits per heavy atom. The van der Waals surface area contributed by atoms with Crippen molar-refractivity contribution < 1.29 is 14.3 Å². The molecule has 1 aromatic heterocycles. The molecule has 1 N–H and O–H groups in total. The molecule has 1 aliphatic heterocycles. The van der Waals surface area contributed by atoms with E-state index in [1.807, 2.05) is 6.92 Å². The van der Waals surface area contributed by atoms with Crippen molar-refractivity contribution in [3.8, 4) is 11.5 Å². The lowest BCUT2D eigenvalue weighted by Crippen LogP contribution is -2.32. The van der Waals surface area contributed by atoms with Gasteiger partial charge in [0.25, 0.3) is 5.91 Å². The number of aryl methyl sites for hydroxylation is 1. The van der Waals surface area contributed by atoms with Crippen molar-refractivity contribution in [2.45, 2.75) is 46.3 Å². The number of nitrogens with one attached hydrogen (secondary N) is 1. The van der Waals surface area contributed by atoms with Crippen LogP contribution in [0.3, 0.4) is 0 Å². The monoisotopic (exact) mass is 403 g/mol. The van der Waals surface area contributed by atoms with Crippen LogP contribution in [0.2, 0.25) is 0 Å². The van der Waals surface area contributed by atoms with Gasteiger partial charge in [0.1, 0.15) is 11.5 Å². The van der Waals surface area contributed by atoms with Gasteiger partial charge in [-0.3, -0.25) is 15.0 Å². The normalized spacial score (nSPS) is 16.6. The van der Waals surface area contributed by atoms with Gasteiger partial charge in [-0.25, -0.2) is 4.98 Å². The predicted molar refractivity (Wildman–Crippen MR) is 112 cm³/mol. The molecule has 0 spiro atoms. The van der Waals surface area contributed by atoms with E-state index in [9.17, 15) is 4.79 Å². The van der Waals surface area contributed by atoms with E-state index < -0.39 is 6.10 Å². The van der Waals surface area contributed by atoms with E-state index in [-0.39, 0.29) is 5.91 Å². The zero-order valence-electron chi connectivity index (χ0n) is 17.0. The van der Waals surface area contributed by atoms with Gasteiger partial charge in [0, 0.05) is 11.4 Å². The van der Waals surface area contributed by atoms with Gasteiger partial charge in [0.2, 0.25) is 0 Å². The molecular formula is C21H29N3O3S. The van der Waals surface area contributed by atoms with Crippen molar-refractivity contribution in [1.82, 2.24) is 9.88 Å². The van der Waals surface area contributed by atoms with E-state index in [1.54, 1.807) is 49.6 Å². The van der Waals surface area contributed by atoms with Gasteiger partial charge in [0.05, 0.1) is 12.8 Å². The van der Waals surface area contributed by atoms with Crippen molar-refractivity contribution in [3.63, 3.8) is 0 Å². The second kappa shape index (κ2) is 9.39. The fourth-order valence-electron chi connectivity index (χ4n) is 3.17. The van der Waals surface area contributed by atoms with Crippen molar-refractivity contribution in [2.24, 2.45) is 5.92 Å². The van der Waals surface area contributed by atoms with E-state index in [2.05, 4.69) is 22.1 Å². The van der Waals surface area contributed by atoms with Crippen LogP contribution in [0.1, 0.15) is 37.3 Å². The van der Waals surface area contributed by atoms with Gasteiger partial charge in [-0.2, -0.15) is 0 Å². The van der Waals surface area contributed by atoms with Crippen LogP contribution >= 0.6 is 11.3 Å². The van der Waals surface area contributed by atoms with Gasteiger partial charge < -0.3 is 9.47 Å². The standard InChI is InChI=1S/C21H29N3O3S/c1-14-9-11-24(12-10-14)13-19-15(2)22-21(28-19)23-20(25)16(3)27-18-7-5-17(26-4)6-8-18/h5-8,14,16H,9-13H2,1-4H3,(H,22,23,25). The molecule has 28 heavy (non-hydrogen) atoms. The average Bonchev–Trinajstić information content (AvgIpc) is 3.03. The molecule has 1 atom stereocenters. The SMILES string of the molecule is COc1ccc(OC(C)C(=O)Nc2nc(C)c(CN3CCC(C)CC3)s2)cc1. The Morgan fingerprint density at radius 3 is 2.57 bits per heavy atom.